The maximum atomic E-state index is 13.2. The van der Waals surface area contributed by atoms with Crippen LogP contribution in [0.1, 0.15) is 0 Å². The van der Waals surface area contributed by atoms with Crippen LogP contribution in [0.2, 0.25) is 5.02 Å². The second-order valence-electron chi connectivity index (χ2n) is 5.15. The Kier molecular flexibility index (Phi) is 3.35. The average molecular weight is 388 g/mol. The summed E-state index contributed by atoms with van der Waals surface area (Å²) in [6.07, 6.45) is -2.82. The number of benzene rings is 2. The first-order valence-corrected chi connectivity index (χ1v) is 8.70. The summed E-state index contributed by atoms with van der Waals surface area (Å²) in [5, 5.41) is 0.680. The first-order valence-electron chi connectivity index (χ1n) is 6.84. The van der Waals surface area contributed by atoms with Gasteiger partial charge in [-0.25, -0.2) is 8.42 Å². The van der Waals surface area contributed by atoms with Crippen molar-refractivity contribution in [2.45, 2.75) is 11.2 Å². The molecule has 3 aromatic rings. The highest BCUT2D eigenvalue weighted by molar-refractivity contribution is 7.93. The van der Waals surface area contributed by atoms with E-state index in [1.807, 2.05) is 0 Å². The van der Waals surface area contributed by atoms with Crippen LogP contribution < -0.4 is 14.2 Å². The van der Waals surface area contributed by atoms with Crippen molar-refractivity contribution >= 4 is 38.3 Å². The number of alkyl halides is 2. The van der Waals surface area contributed by atoms with Crippen LogP contribution in [0.4, 0.5) is 14.5 Å². The molecule has 1 aliphatic heterocycles. The topological polar surface area (TPSA) is 77.8 Å². The van der Waals surface area contributed by atoms with Crippen LogP contribution in [0.5, 0.6) is 11.5 Å². The Morgan fingerprint density at radius 2 is 1.92 bits per heavy atom. The highest BCUT2D eigenvalue weighted by Crippen LogP contribution is 2.46. The van der Waals surface area contributed by atoms with E-state index < -0.39 is 22.1 Å². The van der Waals surface area contributed by atoms with Gasteiger partial charge in [-0.15, -0.1) is 8.78 Å². The van der Waals surface area contributed by atoms with Crippen LogP contribution in [0, 0.1) is 0 Å². The Labute approximate surface area is 144 Å². The summed E-state index contributed by atoms with van der Waals surface area (Å²) >= 11 is 5.84. The molecule has 0 amide bonds. The molecule has 1 aliphatic rings. The van der Waals surface area contributed by atoms with Crippen molar-refractivity contribution in [3.05, 3.63) is 47.7 Å². The number of fused-ring (bicyclic) bond motifs is 2. The predicted octanol–water partition coefficient (Wildman–Crippen LogP) is 4.21. The summed E-state index contributed by atoms with van der Waals surface area (Å²) < 4.78 is 67.8. The highest BCUT2D eigenvalue weighted by atomic mass is 35.5. The molecule has 0 atom stereocenters. The Morgan fingerprint density at radius 3 is 2.72 bits per heavy atom. The number of para-hydroxylation sites is 1. The normalized spacial score (nSPS) is 15.5. The van der Waals surface area contributed by atoms with E-state index in [0.717, 1.165) is 6.26 Å². The van der Waals surface area contributed by atoms with Crippen molar-refractivity contribution in [1.82, 2.24) is 0 Å². The summed E-state index contributed by atoms with van der Waals surface area (Å²) in [7, 11) is -4.14. The molecule has 0 saturated carbocycles. The number of halogens is 3. The zero-order valence-electron chi connectivity index (χ0n) is 12.1. The van der Waals surface area contributed by atoms with Gasteiger partial charge in [0, 0.05) is 16.5 Å². The first kappa shape index (κ1) is 16.0. The van der Waals surface area contributed by atoms with Crippen molar-refractivity contribution in [1.29, 1.82) is 0 Å². The molecule has 2 aromatic carbocycles. The van der Waals surface area contributed by atoms with E-state index in [1.54, 1.807) is 0 Å². The molecule has 25 heavy (non-hydrogen) atoms. The third-order valence-electron chi connectivity index (χ3n) is 3.46. The summed E-state index contributed by atoms with van der Waals surface area (Å²) in [6, 6.07) is 8.33. The third-order valence-corrected chi connectivity index (χ3v) is 5.08. The van der Waals surface area contributed by atoms with Gasteiger partial charge in [0.2, 0.25) is 0 Å². The summed E-state index contributed by atoms with van der Waals surface area (Å²) in [4.78, 5) is -0.164. The van der Waals surface area contributed by atoms with Crippen LogP contribution in [-0.4, -0.2) is 14.7 Å². The molecule has 1 aromatic heterocycles. The minimum atomic E-state index is -4.14. The molecule has 0 spiro atoms. The van der Waals surface area contributed by atoms with Gasteiger partial charge >= 0.3 is 6.29 Å². The van der Waals surface area contributed by atoms with Gasteiger partial charge in [-0.3, -0.25) is 4.72 Å². The SMILES string of the molecule is O=S(=O)(Nc1cccc2c1OC(F)(F)O2)c1coc2cc(Cl)ccc12. The molecule has 2 heterocycles. The molecule has 0 saturated heterocycles. The molecular formula is C15H8ClF2NO5S. The monoisotopic (exact) mass is 387 g/mol. The van der Waals surface area contributed by atoms with Gasteiger partial charge in [-0.2, -0.15) is 0 Å². The fourth-order valence-corrected chi connectivity index (χ4v) is 3.79. The Hall–Kier alpha value is -2.52. The Morgan fingerprint density at radius 1 is 1.12 bits per heavy atom. The van der Waals surface area contributed by atoms with E-state index >= 15 is 0 Å². The summed E-state index contributed by atoms with van der Waals surface area (Å²) in [5.41, 5.74) is 0.0928. The average Bonchev–Trinajstić information content (AvgIpc) is 3.06. The lowest BCUT2D eigenvalue weighted by Gasteiger charge is -2.09. The van der Waals surface area contributed by atoms with E-state index in [2.05, 4.69) is 14.2 Å². The van der Waals surface area contributed by atoms with Gasteiger partial charge in [-0.05, 0) is 24.3 Å². The van der Waals surface area contributed by atoms with Crippen LogP contribution in [0.15, 0.2) is 52.0 Å². The maximum Gasteiger partial charge on any atom is 0.586 e. The standard InChI is InChI=1S/C15H8ClF2NO5S/c16-8-4-5-9-12(6-8)22-7-13(9)25(20,21)19-10-2-1-3-11-14(10)24-15(17,18)23-11/h1-7,19H. The summed E-state index contributed by atoms with van der Waals surface area (Å²) in [6.45, 7) is 0. The van der Waals surface area contributed by atoms with Crippen LogP contribution >= 0.6 is 11.6 Å². The molecule has 4 rings (SSSR count). The molecule has 1 N–H and O–H groups in total. The number of rotatable bonds is 3. The number of furan rings is 1. The van der Waals surface area contributed by atoms with Gasteiger partial charge in [0.05, 0.1) is 5.69 Å². The van der Waals surface area contributed by atoms with Gasteiger partial charge in [-0.1, -0.05) is 17.7 Å². The van der Waals surface area contributed by atoms with E-state index in [4.69, 9.17) is 16.0 Å². The number of sulfonamides is 1. The van der Waals surface area contributed by atoms with E-state index in [9.17, 15) is 17.2 Å². The fraction of sp³-hybridized carbons (Fsp3) is 0.0667. The lowest BCUT2D eigenvalue weighted by molar-refractivity contribution is -0.286. The second-order valence-corrected chi connectivity index (χ2v) is 7.23. The Bertz CT molecular complexity index is 1100. The lowest BCUT2D eigenvalue weighted by atomic mass is 10.3. The summed E-state index contributed by atoms with van der Waals surface area (Å²) in [5.74, 6) is -0.666. The molecule has 0 unspecified atom stereocenters. The van der Waals surface area contributed by atoms with Crippen molar-refractivity contribution in [3.63, 3.8) is 0 Å². The van der Waals surface area contributed by atoms with Crippen LogP contribution in [0.3, 0.4) is 0 Å². The number of hydrogen-bond donors (Lipinski definition) is 1. The molecule has 0 bridgehead atoms. The van der Waals surface area contributed by atoms with Crippen molar-refractivity contribution < 1.29 is 31.1 Å². The van der Waals surface area contributed by atoms with Gasteiger partial charge in [0.15, 0.2) is 11.5 Å². The van der Waals surface area contributed by atoms with E-state index in [1.165, 1.54) is 36.4 Å². The third kappa shape index (κ3) is 2.75. The molecule has 10 heteroatoms. The van der Waals surface area contributed by atoms with Crippen LogP contribution in [0.25, 0.3) is 11.0 Å². The van der Waals surface area contributed by atoms with E-state index in [0.29, 0.717) is 10.4 Å². The highest BCUT2D eigenvalue weighted by Gasteiger charge is 2.45. The van der Waals surface area contributed by atoms with Crippen LogP contribution in [-0.2, 0) is 10.0 Å². The van der Waals surface area contributed by atoms with E-state index in [-0.39, 0.29) is 21.9 Å². The Balaban J connectivity index is 1.75. The zero-order chi connectivity index (χ0) is 17.8. The van der Waals surface area contributed by atoms with Gasteiger partial charge in [0.25, 0.3) is 10.0 Å². The molecule has 6 nitrogen and oxygen atoms in total. The molecule has 0 aliphatic carbocycles. The molecular weight excluding hydrogens is 380 g/mol. The number of nitrogens with one attached hydrogen (secondary N) is 1. The number of anilines is 1. The largest absolute Gasteiger partial charge is 0.586 e. The fourth-order valence-electron chi connectivity index (χ4n) is 2.44. The molecule has 0 fully saturated rings. The van der Waals surface area contributed by atoms with Crippen molar-refractivity contribution in [2.24, 2.45) is 0 Å². The molecule has 130 valence electrons. The quantitative estimate of drug-likeness (QED) is 0.728. The minimum absolute atomic E-state index is 0.164. The maximum absolute atomic E-state index is 13.2. The van der Waals surface area contributed by atoms with Gasteiger partial charge < -0.3 is 13.9 Å². The smallest absolute Gasteiger partial charge is 0.463 e. The second kappa shape index (κ2) is 5.24. The lowest BCUT2D eigenvalue weighted by Crippen LogP contribution is -2.26. The minimum Gasteiger partial charge on any atom is -0.463 e. The predicted molar refractivity (Wildman–Crippen MR) is 84.7 cm³/mol. The first-order chi connectivity index (χ1) is 11.8. The number of ether oxygens (including phenoxy) is 2. The zero-order valence-corrected chi connectivity index (χ0v) is 13.7. The molecule has 0 radical (unpaired) electrons. The van der Waals surface area contributed by atoms with Crippen molar-refractivity contribution in [3.8, 4) is 11.5 Å². The van der Waals surface area contributed by atoms with Crippen molar-refractivity contribution in [2.75, 3.05) is 4.72 Å². The number of hydrogen-bond acceptors (Lipinski definition) is 5. The van der Waals surface area contributed by atoms with Gasteiger partial charge in [0.1, 0.15) is 16.7 Å².